The number of nitrogens with zero attached hydrogens (tertiary/aromatic N) is 3. The lowest BCUT2D eigenvalue weighted by atomic mass is 9.85. The summed E-state index contributed by atoms with van der Waals surface area (Å²) in [6, 6.07) is 8.14. The number of hydrogen-bond acceptors (Lipinski definition) is 5. The van der Waals surface area contributed by atoms with Gasteiger partial charge in [0.1, 0.15) is 5.75 Å². The number of methoxy groups -OCH3 is 1. The second-order valence-corrected chi connectivity index (χ2v) is 7.84. The SMILES string of the molecule is COc1ccccc1N1CCN(CCCN2C(=O)C3CC=CCC3C2=O)CC1. The third kappa shape index (κ3) is 3.65. The van der Waals surface area contributed by atoms with E-state index >= 15 is 0 Å². The first-order chi connectivity index (χ1) is 13.7. The van der Waals surface area contributed by atoms with Crippen LogP contribution in [0.15, 0.2) is 36.4 Å². The van der Waals surface area contributed by atoms with E-state index in [0.717, 1.165) is 63.4 Å². The summed E-state index contributed by atoms with van der Waals surface area (Å²) in [5.74, 6) is 0.780. The van der Waals surface area contributed by atoms with Crippen LogP contribution < -0.4 is 9.64 Å². The molecule has 6 heteroatoms. The summed E-state index contributed by atoms with van der Waals surface area (Å²) in [6.07, 6.45) is 6.36. The van der Waals surface area contributed by atoms with Crippen LogP contribution in [0.2, 0.25) is 0 Å². The molecule has 2 saturated heterocycles. The molecule has 1 aliphatic carbocycles. The van der Waals surface area contributed by atoms with Crippen molar-refractivity contribution in [3.8, 4) is 5.75 Å². The van der Waals surface area contributed by atoms with Gasteiger partial charge in [0, 0.05) is 32.7 Å². The Morgan fingerprint density at radius 3 is 2.21 bits per heavy atom. The lowest BCUT2D eigenvalue weighted by molar-refractivity contribution is -0.140. The van der Waals surface area contributed by atoms with E-state index in [4.69, 9.17) is 4.74 Å². The Hall–Kier alpha value is -2.34. The first kappa shape index (κ1) is 19.0. The fraction of sp³-hybridized carbons (Fsp3) is 0.545. The number of para-hydroxylation sites is 2. The molecule has 2 fully saturated rings. The molecule has 0 radical (unpaired) electrons. The van der Waals surface area contributed by atoms with E-state index in [1.165, 1.54) is 4.90 Å². The third-order valence-corrected chi connectivity index (χ3v) is 6.25. The Kier molecular flexibility index (Phi) is 5.67. The van der Waals surface area contributed by atoms with Crippen molar-refractivity contribution < 1.29 is 14.3 Å². The number of amides is 2. The first-order valence-electron chi connectivity index (χ1n) is 10.3. The summed E-state index contributed by atoms with van der Waals surface area (Å²) < 4.78 is 5.48. The molecule has 2 atom stereocenters. The molecule has 2 heterocycles. The molecule has 4 rings (SSSR count). The van der Waals surface area contributed by atoms with Crippen molar-refractivity contribution in [2.24, 2.45) is 11.8 Å². The highest BCUT2D eigenvalue weighted by Crippen LogP contribution is 2.35. The first-order valence-corrected chi connectivity index (χ1v) is 10.3. The molecule has 0 spiro atoms. The maximum Gasteiger partial charge on any atom is 0.233 e. The summed E-state index contributed by atoms with van der Waals surface area (Å²) in [5, 5.41) is 0. The second kappa shape index (κ2) is 8.35. The van der Waals surface area contributed by atoms with Crippen molar-refractivity contribution >= 4 is 17.5 Å². The molecule has 0 saturated carbocycles. The van der Waals surface area contributed by atoms with Crippen molar-refractivity contribution in [1.29, 1.82) is 0 Å². The molecule has 150 valence electrons. The number of carbonyl (C=O) groups excluding carboxylic acids is 2. The van der Waals surface area contributed by atoms with Crippen molar-refractivity contribution in [1.82, 2.24) is 9.80 Å². The number of piperazine rings is 1. The van der Waals surface area contributed by atoms with Crippen LogP contribution in [-0.4, -0.2) is 68.0 Å². The van der Waals surface area contributed by atoms with Gasteiger partial charge in [-0.25, -0.2) is 0 Å². The third-order valence-electron chi connectivity index (χ3n) is 6.25. The largest absolute Gasteiger partial charge is 0.495 e. The van der Waals surface area contributed by atoms with Gasteiger partial charge in [-0.1, -0.05) is 24.3 Å². The van der Waals surface area contributed by atoms with E-state index in [0.29, 0.717) is 6.54 Å². The maximum atomic E-state index is 12.5. The maximum absolute atomic E-state index is 12.5. The van der Waals surface area contributed by atoms with Crippen LogP contribution in [0.1, 0.15) is 19.3 Å². The number of rotatable bonds is 6. The predicted octanol–water partition coefficient (Wildman–Crippen LogP) is 2.16. The molecule has 3 aliphatic rings. The van der Waals surface area contributed by atoms with Gasteiger partial charge in [-0.3, -0.25) is 19.4 Å². The Morgan fingerprint density at radius 2 is 1.57 bits per heavy atom. The van der Waals surface area contributed by atoms with E-state index < -0.39 is 0 Å². The van der Waals surface area contributed by atoms with Crippen LogP contribution in [0.3, 0.4) is 0 Å². The summed E-state index contributed by atoms with van der Waals surface area (Å²) in [5.41, 5.74) is 1.15. The number of fused-ring (bicyclic) bond motifs is 1. The Morgan fingerprint density at radius 1 is 0.929 bits per heavy atom. The van der Waals surface area contributed by atoms with Crippen molar-refractivity contribution in [2.45, 2.75) is 19.3 Å². The monoisotopic (exact) mass is 383 g/mol. The van der Waals surface area contributed by atoms with Crippen LogP contribution in [-0.2, 0) is 9.59 Å². The summed E-state index contributed by atoms with van der Waals surface area (Å²) >= 11 is 0. The molecule has 0 aromatic heterocycles. The summed E-state index contributed by atoms with van der Waals surface area (Å²) in [4.78, 5) is 31.4. The number of anilines is 1. The molecular formula is C22H29N3O3. The van der Waals surface area contributed by atoms with Gasteiger partial charge >= 0.3 is 0 Å². The Labute approximate surface area is 166 Å². The lowest BCUT2D eigenvalue weighted by Gasteiger charge is -2.36. The van der Waals surface area contributed by atoms with Crippen LogP contribution >= 0.6 is 0 Å². The average molecular weight is 383 g/mol. The smallest absolute Gasteiger partial charge is 0.233 e. The normalized spacial score (nSPS) is 25.3. The minimum Gasteiger partial charge on any atom is -0.495 e. The molecule has 6 nitrogen and oxygen atoms in total. The van der Waals surface area contributed by atoms with Gasteiger partial charge in [-0.15, -0.1) is 0 Å². The minimum absolute atomic E-state index is 0.0420. The van der Waals surface area contributed by atoms with E-state index in [-0.39, 0.29) is 23.7 Å². The Bertz CT molecular complexity index is 729. The topological polar surface area (TPSA) is 53.1 Å². The number of imide groups is 1. The van der Waals surface area contributed by atoms with Gasteiger partial charge in [0.2, 0.25) is 11.8 Å². The van der Waals surface area contributed by atoms with Crippen molar-refractivity contribution in [2.75, 3.05) is 51.3 Å². The Balaban J connectivity index is 1.24. The van der Waals surface area contributed by atoms with Gasteiger partial charge in [-0.2, -0.15) is 0 Å². The predicted molar refractivity (Wildman–Crippen MR) is 108 cm³/mol. The second-order valence-electron chi connectivity index (χ2n) is 7.84. The van der Waals surface area contributed by atoms with Crippen LogP contribution in [0.5, 0.6) is 5.75 Å². The van der Waals surface area contributed by atoms with E-state index in [1.54, 1.807) is 7.11 Å². The molecular weight excluding hydrogens is 354 g/mol. The number of allylic oxidation sites excluding steroid dienone is 2. The molecule has 2 unspecified atom stereocenters. The fourth-order valence-corrected chi connectivity index (χ4v) is 4.65. The average Bonchev–Trinajstić information content (AvgIpc) is 2.99. The van der Waals surface area contributed by atoms with Crippen molar-refractivity contribution in [3.05, 3.63) is 36.4 Å². The highest BCUT2D eigenvalue weighted by Gasteiger charge is 2.46. The number of likely N-dealkylation sites (tertiary alicyclic amines) is 1. The number of benzene rings is 1. The molecule has 0 N–H and O–H groups in total. The molecule has 2 amide bonds. The van der Waals surface area contributed by atoms with Gasteiger partial charge in [-0.05, 0) is 37.9 Å². The van der Waals surface area contributed by atoms with E-state index in [2.05, 4.69) is 15.9 Å². The molecule has 2 aliphatic heterocycles. The zero-order chi connectivity index (χ0) is 19.5. The summed E-state index contributed by atoms with van der Waals surface area (Å²) in [6.45, 7) is 5.35. The van der Waals surface area contributed by atoms with Gasteiger partial charge < -0.3 is 9.64 Å². The summed E-state index contributed by atoms with van der Waals surface area (Å²) in [7, 11) is 1.71. The van der Waals surface area contributed by atoms with Crippen LogP contribution in [0, 0.1) is 11.8 Å². The van der Waals surface area contributed by atoms with Crippen LogP contribution in [0.25, 0.3) is 0 Å². The van der Waals surface area contributed by atoms with E-state index in [1.807, 2.05) is 30.4 Å². The lowest BCUT2D eigenvalue weighted by Crippen LogP contribution is -2.47. The zero-order valence-corrected chi connectivity index (χ0v) is 16.5. The molecule has 28 heavy (non-hydrogen) atoms. The number of hydrogen-bond donors (Lipinski definition) is 0. The minimum atomic E-state index is -0.109. The van der Waals surface area contributed by atoms with Gasteiger partial charge in [0.15, 0.2) is 0 Å². The number of carbonyl (C=O) groups is 2. The van der Waals surface area contributed by atoms with Crippen LogP contribution in [0.4, 0.5) is 5.69 Å². The fourth-order valence-electron chi connectivity index (χ4n) is 4.65. The van der Waals surface area contributed by atoms with Crippen molar-refractivity contribution in [3.63, 3.8) is 0 Å². The zero-order valence-electron chi connectivity index (χ0n) is 16.5. The molecule has 0 bridgehead atoms. The molecule has 1 aromatic carbocycles. The highest BCUT2D eigenvalue weighted by atomic mass is 16.5. The van der Waals surface area contributed by atoms with E-state index in [9.17, 15) is 9.59 Å². The molecule has 1 aromatic rings. The quantitative estimate of drug-likeness (QED) is 0.557. The van der Waals surface area contributed by atoms with Gasteiger partial charge in [0.25, 0.3) is 0 Å². The van der Waals surface area contributed by atoms with Gasteiger partial charge in [0.05, 0.1) is 24.6 Å². The standard InChI is InChI=1S/C22H29N3O3/c1-28-20-10-5-4-9-19(20)24-15-13-23(14-16-24)11-6-12-25-21(26)17-7-2-3-8-18(17)22(25)27/h2-5,9-10,17-18H,6-8,11-16H2,1H3. The highest BCUT2D eigenvalue weighted by molar-refractivity contribution is 6.05. The number of ether oxygens (including phenoxy) is 1.